The van der Waals surface area contributed by atoms with E-state index in [-0.39, 0.29) is 23.7 Å². The minimum atomic E-state index is -0.0583. The van der Waals surface area contributed by atoms with Gasteiger partial charge in [-0.05, 0) is 74.7 Å². The van der Waals surface area contributed by atoms with E-state index in [9.17, 15) is 4.79 Å². The van der Waals surface area contributed by atoms with E-state index in [2.05, 4.69) is 78.4 Å². The second-order valence-electron chi connectivity index (χ2n) is 9.05. The Balaban J connectivity index is 0.00000363. The van der Waals surface area contributed by atoms with Gasteiger partial charge >= 0.3 is 0 Å². The molecule has 1 heterocycles. The van der Waals surface area contributed by atoms with Gasteiger partial charge in [0, 0.05) is 12.0 Å². The zero-order chi connectivity index (χ0) is 22.1. The maximum absolute atomic E-state index is 12.8. The molecule has 1 unspecified atom stereocenters. The van der Waals surface area contributed by atoms with E-state index < -0.39 is 0 Å². The zero-order valence-electron chi connectivity index (χ0n) is 20.2. The topological polar surface area (TPSA) is 35.6 Å². The van der Waals surface area contributed by atoms with Gasteiger partial charge in [-0.2, -0.15) is 0 Å². The van der Waals surface area contributed by atoms with Crippen molar-refractivity contribution in [1.29, 1.82) is 0 Å². The summed E-state index contributed by atoms with van der Waals surface area (Å²) in [5.41, 5.74) is 1.32. The Bertz CT molecular complexity index is 827. The molecule has 4 nitrogen and oxygen atoms in total. The Labute approximate surface area is 201 Å². The zero-order valence-corrected chi connectivity index (χ0v) is 21.1. The number of hydrogen-bond donors (Lipinski definition) is 1. The van der Waals surface area contributed by atoms with Crippen molar-refractivity contribution in [3.63, 3.8) is 0 Å². The highest BCUT2D eigenvalue weighted by Gasteiger charge is 2.33. The summed E-state index contributed by atoms with van der Waals surface area (Å²) in [7, 11) is 0. The number of piperidine rings is 1. The molecule has 0 aromatic heterocycles. The van der Waals surface area contributed by atoms with Crippen molar-refractivity contribution in [2.45, 2.75) is 58.3 Å². The average molecular weight is 460 g/mol. The molecule has 1 N–H and O–H groups in total. The predicted molar refractivity (Wildman–Crippen MR) is 139 cm³/mol. The molecule has 1 fully saturated rings. The van der Waals surface area contributed by atoms with Crippen LogP contribution in [0.1, 0.15) is 58.4 Å². The number of halogens is 1. The summed E-state index contributed by atoms with van der Waals surface area (Å²) >= 11 is 0. The van der Waals surface area contributed by atoms with Gasteiger partial charge in [-0.1, -0.05) is 69.7 Å². The highest BCUT2D eigenvalue weighted by atomic mass is 35.5. The van der Waals surface area contributed by atoms with Crippen molar-refractivity contribution in [3.05, 3.63) is 48.0 Å². The average Bonchev–Trinajstić information content (AvgIpc) is 2.83. The highest BCUT2D eigenvalue weighted by Crippen LogP contribution is 2.36. The van der Waals surface area contributed by atoms with Crippen LogP contribution in [-0.2, 0) is 10.2 Å². The molecule has 0 radical (unpaired) electrons. The van der Waals surface area contributed by atoms with Crippen LogP contribution < -0.4 is 5.32 Å². The van der Waals surface area contributed by atoms with Crippen LogP contribution in [0.15, 0.2) is 42.5 Å². The van der Waals surface area contributed by atoms with Crippen molar-refractivity contribution < 1.29 is 4.79 Å². The van der Waals surface area contributed by atoms with Gasteiger partial charge in [0.25, 0.3) is 0 Å². The van der Waals surface area contributed by atoms with Gasteiger partial charge in [-0.15, -0.1) is 12.4 Å². The Kier molecular flexibility index (Phi) is 11.0. The first-order valence-corrected chi connectivity index (χ1v) is 12.3. The molecule has 0 aliphatic carbocycles. The fourth-order valence-corrected chi connectivity index (χ4v) is 5.03. The number of carbonyl (C=O) groups is 1. The van der Waals surface area contributed by atoms with E-state index in [1.54, 1.807) is 0 Å². The van der Waals surface area contributed by atoms with Crippen LogP contribution in [0.4, 0.5) is 0 Å². The normalized spacial score (nSPS) is 16.5. The first-order chi connectivity index (χ1) is 15.1. The lowest BCUT2D eigenvalue weighted by Gasteiger charge is -2.38. The van der Waals surface area contributed by atoms with Crippen LogP contribution in [0.3, 0.4) is 0 Å². The van der Waals surface area contributed by atoms with Crippen molar-refractivity contribution in [2.24, 2.45) is 0 Å². The molecule has 1 saturated heterocycles. The maximum Gasteiger partial charge on any atom is 0.234 e. The minimum Gasteiger partial charge on any atom is -0.354 e. The quantitative estimate of drug-likeness (QED) is 0.498. The summed E-state index contributed by atoms with van der Waals surface area (Å²) in [6.45, 7) is 13.0. The van der Waals surface area contributed by atoms with Gasteiger partial charge in [0.05, 0.1) is 6.54 Å². The monoisotopic (exact) mass is 459 g/mol. The van der Waals surface area contributed by atoms with Crippen molar-refractivity contribution in [2.75, 3.05) is 45.8 Å². The van der Waals surface area contributed by atoms with Gasteiger partial charge in [-0.3, -0.25) is 9.69 Å². The Hall–Kier alpha value is -1.62. The Morgan fingerprint density at radius 2 is 1.69 bits per heavy atom. The molecule has 0 saturated carbocycles. The van der Waals surface area contributed by atoms with Gasteiger partial charge in [0.1, 0.15) is 0 Å². The lowest BCUT2D eigenvalue weighted by Crippen LogP contribution is -2.46. The van der Waals surface area contributed by atoms with Crippen LogP contribution in [-0.4, -0.2) is 61.5 Å². The van der Waals surface area contributed by atoms with Crippen LogP contribution in [0.5, 0.6) is 0 Å². The molecule has 0 bridgehead atoms. The first-order valence-electron chi connectivity index (χ1n) is 12.3. The number of amides is 1. The van der Waals surface area contributed by atoms with Crippen molar-refractivity contribution in [1.82, 2.24) is 15.1 Å². The molecule has 5 heteroatoms. The van der Waals surface area contributed by atoms with E-state index in [0.29, 0.717) is 13.1 Å². The number of rotatable bonds is 11. The molecule has 0 spiro atoms. The molecule has 1 atom stereocenters. The van der Waals surface area contributed by atoms with Crippen LogP contribution >= 0.6 is 12.4 Å². The molecule has 1 aliphatic heterocycles. The Morgan fingerprint density at radius 3 is 2.38 bits per heavy atom. The summed E-state index contributed by atoms with van der Waals surface area (Å²) in [5, 5.41) is 5.93. The first kappa shape index (κ1) is 26.6. The van der Waals surface area contributed by atoms with E-state index >= 15 is 0 Å². The van der Waals surface area contributed by atoms with E-state index in [1.807, 2.05) is 0 Å². The Morgan fingerprint density at radius 1 is 1.00 bits per heavy atom. The number of likely N-dealkylation sites (tertiary alicyclic amines) is 1. The number of likely N-dealkylation sites (N-methyl/N-ethyl adjacent to an activating group) is 1. The standard InChI is InChI=1S/C27H41N3O.ClH/c1-4-27(17-20-30-18-10-7-11-19-30,22-28-26(31)21-29(5-2)6-3)25-16-12-14-23-13-8-9-15-24(23)25;/h8-9,12-16H,4-7,10-11,17-22H2,1-3H3,(H,28,31);1H. The summed E-state index contributed by atoms with van der Waals surface area (Å²) < 4.78 is 0. The van der Waals surface area contributed by atoms with E-state index in [0.717, 1.165) is 32.5 Å². The summed E-state index contributed by atoms with van der Waals surface area (Å²) in [6.07, 6.45) is 6.08. The van der Waals surface area contributed by atoms with Crippen LogP contribution in [0.2, 0.25) is 0 Å². The second kappa shape index (κ2) is 13.2. The third kappa shape index (κ3) is 6.69. The molecule has 178 valence electrons. The summed E-state index contributed by atoms with van der Waals surface area (Å²) in [6, 6.07) is 15.4. The van der Waals surface area contributed by atoms with Crippen LogP contribution in [0.25, 0.3) is 10.8 Å². The number of hydrogen-bond acceptors (Lipinski definition) is 3. The molecule has 1 amide bonds. The highest BCUT2D eigenvalue weighted by molar-refractivity contribution is 5.87. The fourth-order valence-electron chi connectivity index (χ4n) is 5.03. The fraction of sp³-hybridized carbons (Fsp3) is 0.593. The maximum atomic E-state index is 12.8. The van der Waals surface area contributed by atoms with Crippen molar-refractivity contribution in [3.8, 4) is 0 Å². The molecule has 2 aromatic carbocycles. The van der Waals surface area contributed by atoms with E-state index in [4.69, 9.17) is 0 Å². The van der Waals surface area contributed by atoms with Gasteiger partial charge < -0.3 is 10.2 Å². The number of nitrogens with one attached hydrogen (secondary N) is 1. The van der Waals surface area contributed by atoms with E-state index in [1.165, 1.54) is 48.7 Å². The summed E-state index contributed by atoms with van der Waals surface area (Å²) in [5.74, 6) is 0.139. The number of fused-ring (bicyclic) bond motifs is 1. The number of benzene rings is 2. The molecule has 1 aliphatic rings. The number of carbonyl (C=O) groups excluding carboxylic acids is 1. The minimum absolute atomic E-state index is 0. The smallest absolute Gasteiger partial charge is 0.234 e. The lowest BCUT2D eigenvalue weighted by molar-refractivity contribution is -0.122. The molecular weight excluding hydrogens is 418 g/mol. The lowest BCUT2D eigenvalue weighted by atomic mass is 9.73. The van der Waals surface area contributed by atoms with Crippen LogP contribution in [0, 0.1) is 0 Å². The SMILES string of the molecule is CCN(CC)CC(=O)NCC(CC)(CCN1CCCCC1)c1cccc2ccccc12.Cl. The number of nitrogens with zero attached hydrogens (tertiary/aromatic N) is 2. The second-order valence-corrected chi connectivity index (χ2v) is 9.05. The molecular formula is C27H42ClN3O. The van der Waals surface area contributed by atoms with Gasteiger partial charge in [0.15, 0.2) is 0 Å². The molecule has 2 aromatic rings. The molecule has 3 rings (SSSR count). The van der Waals surface area contributed by atoms with Gasteiger partial charge in [0.2, 0.25) is 5.91 Å². The molecule has 32 heavy (non-hydrogen) atoms. The third-order valence-corrected chi connectivity index (χ3v) is 7.28. The van der Waals surface area contributed by atoms with Crippen molar-refractivity contribution >= 4 is 29.1 Å². The largest absolute Gasteiger partial charge is 0.354 e. The third-order valence-electron chi connectivity index (χ3n) is 7.28. The van der Waals surface area contributed by atoms with Gasteiger partial charge in [-0.25, -0.2) is 0 Å². The predicted octanol–water partition coefficient (Wildman–Crippen LogP) is 5.24. The summed E-state index contributed by atoms with van der Waals surface area (Å²) in [4.78, 5) is 17.6.